The Kier molecular flexibility index (Phi) is 4.51. The molecule has 7 heteroatoms. The first-order valence-corrected chi connectivity index (χ1v) is 7.11. The van der Waals surface area contributed by atoms with Crippen LogP contribution in [0.4, 0.5) is 19.0 Å². The second-order valence-corrected chi connectivity index (χ2v) is 5.46. The van der Waals surface area contributed by atoms with Gasteiger partial charge in [0.25, 0.3) is 0 Å². The molecule has 1 aromatic carbocycles. The van der Waals surface area contributed by atoms with E-state index in [0.29, 0.717) is 16.6 Å². The standard InChI is InChI=1S/C14H13BrF3N3/c1-2-3-9-7-12(19)21-13(20-9)10-5-4-8(15)6-11(10)14(16,17)18/h4-7H,2-3H2,1H3,(H2,19,20,21). The van der Waals surface area contributed by atoms with Gasteiger partial charge in [0, 0.05) is 21.8 Å². The van der Waals surface area contributed by atoms with Gasteiger partial charge in [-0.2, -0.15) is 13.2 Å². The van der Waals surface area contributed by atoms with E-state index in [4.69, 9.17) is 5.73 Å². The summed E-state index contributed by atoms with van der Waals surface area (Å²) in [4.78, 5) is 8.13. The SMILES string of the molecule is CCCc1cc(N)nc(-c2ccc(Br)cc2C(F)(F)F)n1. The summed E-state index contributed by atoms with van der Waals surface area (Å²) in [5.41, 5.74) is 5.45. The van der Waals surface area contributed by atoms with Crippen molar-refractivity contribution in [2.75, 3.05) is 5.73 Å². The molecule has 1 heterocycles. The van der Waals surface area contributed by atoms with Crippen LogP contribution in [0, 0.1) is 0 Å². The Balaban J connectivity index is 2.61. The number of halogens is 4. The van der Waals surface area contributed by atoms with E-state index in [2.05, 4.69) is 25.9 Å². The topological polar surface area (TPSA) is 51.8 Å². The molecule has 0 radical (unpaired) electrons. The summed E-state index contributed by atoms with van der Waals surface area (Å²) in [6, 6.07) is 5.47. The smallest absolute Gasteiger partial charge is 0.384 e. The van der Waals surface area contributed by atoms with Gasteiger partial charge in [0.2, 0.25) is 0 Å². The van der Waals surface area contributed by atoms with Gasteiger partial charge in [0.05, 0.1) is 5.56 Å². The third-order valence-corrected chi connectivity index (χ3v) is 3.33. The summed E-state index contributed by atoms with van der Waals surface area (Å²) < 4.78 is 39.8. The third-order valence-electron chi connectivity index (χ3n) is 2.83. The predicted molar refractivity (Wildman–Crippen MR) is 78.6 cm³/mol. The van der Waals surface area contributed by atoms with Gasteiger partial charge in [-0.05, 0) is 24.6 Å². The van der Waals surface area contributed by atoms with Crippen LogP contribution in [0.25, 0.3) is 11.4 Å². The Morgan fingerprint density at radius 3 is 2.52 bits per heavy atom. The number of nitrogen functional groups attached to an aromatic ring is 1. The van der Waals surface area contributed by atoms with Crippen molar-refractivity contribution >= 4 is 21.7 Å². The van der Waals surface area contributed by atoms with Crippen LogP contribution in [0.15, 0.2) is 28.7 Å². The Hall–Kier alpha value is -1.63. The van der Waals surface area contributed by atoms with Crippen LogP contribution in [-0.4, -0.2) is 9.97 Å². The van der Waals surface area contributed by atoms with Gasteiger partial charge in [0.15, 0.2) is 5.82 Å². The zero-order chi connectivity index (χ0) is 15.6. The minimum atomic E-state index is -4.49. The van der Waals surface area contributed by atoms with Crippen molar-refractivity contribution < 1.29 is 13.2 Å². The second-order valence-electron chi connectivity index (χ2n) is 4.55. The molecule has 0 unspecified atom stereocenters. The van der Waals surface area contributed by atoms with Crippen molar-refractivity contribution in [2.24, 2.45) is 0 Å². The van der Waals surface area contributed by atoms with Gasteiger partial charge in [-0.25, -0.2) is 9.97 Å². The molecule has 0 aliphatic rings. The highest BCUT2D eigenvalue weighted by Crippen LogP contribution is 2.37. The molecule has 0 aliphatic carbocycles. The number of aromatic nitrogens is 2. The Morgan fingerprint density at radius 1 is 1.19 bits per heavy atom. The van der Waals surface area contributed by atoms with E-state index in [1.165, 1.54) is 12.1 Å². The molecule has 1 aromatic heterocycles. The summed E-state index contributed by atoms with van der Waals surface area (Å²) in [5.74, 6) is 0.165. The van der Waals surface area contributed by atoms with Crippen LogP contribution >= 0.6 is 15.9 Å². The zero-order valence-corrected chi connectivity index (χ0v) is 12.8. The highest BCUT2D eigenvalue weighted by molar-refractivity contribution is 9.10. The minimum Gasteiger partial charge on any atom is -0.384 e. The number of alkyl halides is 3. The number of aryl methyl sites for hydroxylation is 1. The van der Waals surface area contributed by atoms with E-state index in [1.54, 1.807) is 6.07 Å². The molecule has 2 N–H and O–H groups in total. The highest BCUT2D eigenvalue weighted by atomic mass is 79.9. The fourth-order valence-corrected chi connectivity index (χ4v) is 2.33. The zero-order valence-electron chi connectivity index (χ0n) is 11.2. The van der Waals surface area contributed by atoms with Crippen molar-refractivity contribution in [1.29, 1.82) is 0 Å². The first kappa shape index (κ1) is 15.8. The summed E-state index contributed by atoms with van der Waals surface area (Å²) in [6.07, 6.45) is -3.03. The van der Waals surface area contributed by atoms with E-state index in [0.717, 1.165) is 12.5 Å². The van der Waals surface area contributed by atoms with Crippen molar-refractivity contribution in [3.8, 4) is 11.4 Å². The highest BCUT2D eigenvalue weighted by Gasteiger charge is 2.34. The van der Waals surface area contributed by atoms with E-state index in [-0.39, 0.29) is 17.2 Å². The average Bonchev–Trinajstić information content (AvgIpc) is 2.37. The molecule has 0 spiro atoms. The molecule has 0 bridgehead atoms. The summed E-state index contributed by atoms with van der Waals surface area (Å²) in [7, 11) is 0. The largest absolute Gasteiger partial charge is 0.417 e. The van der Waals surface area contributed by atoms with Crippen LogP contribution in [0.1, 0.15) is 24.6 Å². The lowest BCUT2D eigenvalue weighted by Crippen LogP contribution is -2.09. The van der Waals surface area contributed by atoms with Crippen molar-refractivity contribution in [3.63, 3.8) is 0 Å². The van der Waals surface area contributed by atoms with Gasteiger partial charge in [-0.3, -0.25) is 0 Å². The normalized spacial score (nSPS) is 11.7. The lowest BCUT2D eigenvalue weighted by atomic mass is 10.1. The molecular formula is C14H13BrF3N3. The first-order valence-electron chi connectivity index (χ1n) is 6.32. The number of nitrogens with two attached hydrogens (primary N) is 1. The fraction of sp³-hybridized carbons (Fsp3) is 0.286. The summed E-state index contributed by atoms with van der Waals surface area (Å²) in [5, 5.41) is 0. The molecule has 21 heavy (non-hydrogen) atoms. The van der Waals surface area contributed by atoms with Crippen molar-refractivity contribution in [3.05, 3.63) is 40.0 Å². The van der Waals surface area contributed by atoms with Crippen molar-refractivity contribution in [1.82, 2.24) is 9.97 Å². The summed E-state index contributed by atoms with van der Waals surface area (Å²) in [6.45, 7) is 1.96. The third kappa shape index (κ3) is 3.72. The lowest BCUT2D eigenvalue weighted by molar-refractivity contribution is -0.137. The fourth-order valence-electron chi connectivity index (χ4n) is 1.97. The molecule has 0 aliphatic heterocycles. The van der Waals surface area contributed by atoms with E-state index < -0.39 is 11.7 Å². The lowest BCUT2D eigenvalue weighted by Gasteiger charge is -2.13. The van der Waals surface area contributed by atoms with Crippen LogP contribution in [0.2, 0.25) is 0 Å². The maximum atomic E-state index is 13.2. The van der Waals surface area contributed by atoms with Crippen molar-refractivity contribution in [2.45, 2.75) is 25.9 Å². The Labute approximate surface area is 128 Å². The maximum absolute atomic E-state index is 13.2. The van der Waals surface area contributed by atoms with Crippen LogP contribution in [-0.2, 0) is 12.6 Å². The number of rotatable bonds is 3. The van der Waals surface area contributed by atoms with Gasteiger partial charge < -0.3 is 5.73 Å². The number of benzene rings is 1. The monoisotopic (exact) mass is 359 g/mol. The molecule has 0 fully saturated rings. The summed E-state index contributed by atoms with van der Waals surface area (Å²) >= 11 is 3.05. The molecular weight excluding hydrogens is 347 g/mol. The number of hydrogen-bond donors (Lipinski definition) is 1. The van der Waals surface area contributed by atoms with Gasteiger partial charge in [-0.15, -0.1) is 0 Å². The quantitative estimate of drug-likeness (QED) is 0.879. The van der Waals surface area contributed by atoms with Gasteiger partial charge >= 0.3 is 6.18 Å². The van der Waals surface area contributed by atoms with Crippen LogP contribution in [0.3, 0.4) is 0 Å². The molecule has 3 nitrogen and oxygen atoms in total. The number of nitrogens with zero attached hydrogens (tertiary/aromatic N) is 2. The van der Waals surface area contributed by atoms with Crippen LogP contribution in [0.5, 0.6) is 0 Å². The van der Waals surface area contributed by atoms with E-state index in [1.807, 2.05) is 6.92 Å². The molecule has 0 amide bonds. The molecule has 0 saturated heterocycles. The van der Waals surface area contributed by atoms with Crippen LogP contribution < -0.4 is 5.73 Å². The van der Waals surface area contributed by atoms with Gasteiger partial charge in [0.1, 0.15) is 5.82 Å². The molecule has 0 saturated carbocycles. The van der Waals surface area contributed by atoms with E-state index >= 15 is 0 Å². The number of hydrogen-bond acceptors (Lipinski definition) is 3. The predicted octanol–water partition coefficient (Wildman–Crippen LogP) is 4.46. The number of anilines is 1. The average molecular weight is 360 g/mol. The molecule has 112 valence electrons. The Morgan fingerprint density at radius 2 is 1.90 bits per heavy atom. The first-order chi connectivity index (χ1) is 9.81. The Bertz CT molecular complexity index is 656. The maximum Gasteiger partial charge on any atom is 0.417 e. The van der Waals surface area contributed by atoms with E-state index in [9.17, 15) is 13.2 Å². The molecule has 2 aromatic rings. The second kappa shape index (κ2) is 6.01. The minimum absolute atomic E-state index is 0.00160. The van der Waals surface area contributed by atoms with Gasteiger partial charge in [-0.1, -0.05) is 29.3 Å². The molecule has 0 atom stereocenters. The molecule has 2 rings (SSSR count).